The van der Waals surface area contributed by atoms with E-state index in [1.807, 2.05) is 0 Å². The average molecular weight is 299 g/mol. The van der Waals surface area contributed by atoms with Crippen LogP contribution >= 0.6 is 26.6 Å². The number of benzene rings is 1. The van der Waals surface area contributed by atoms with E-state index in [0.717, 1.165) is 6.07 Å². The van der Waals surface area contributed by atoms with E-state index in [2.05, 4.69) is 15.9 Å². The average Bonchev–Trinajstić information content (AvgIpc) is 1.99. The Hall–Kier alpha value is -0.640. The second-order valence-electron chi connectivity index (χ2n) is 2.31. The fourth-order valence-electron chi connectivity index (χ4n) is 0.891. The van der Waals surface area contributed by atoms with Crippen molar-refractivity contribution in [2.75, 3.05) is 0 Å². The molecule has 0 bridgehead atoms. The van der Waals surface area contributed by atoms with Crippen molar-refractivity contribution >= 4 is 35.7 Å². The summed E-state index contributed by atoms with van der Waals surface area (Å²) in [6.07, 6.45) is 0. The number of nitriles is 1. The van der Waals surface area contributed by atoms with Crippen LogP contribution in [0.3, 0.4) is 0 Å². The number of hydrogen-bond donors (Lipinski definition) is 0. The highest BCUT2D eigenvalue weighted by molar-refractivity contribution is 9.10. The van der Waals surface area contributed by atoms with Crippen LogP contribution in [-0.2, 0) is 9.05 Å². The lowest BCUT2D eigenvalue weighted by atomic mass is 10.2. The van der Waals surface area contributed by atoms with Crippen LogP contribution < -0.4 is 0 Å². The summed E-state index contributed by atoms with van der Waals surface area (Å²) in [7, 11) is 0.727. The third-order valence-corrected chi connectivity index (χ3v) is 3.20. The summed E-state index contributed by atoms with van der Waals surface area (Å²) in [5.74, 6) is -1.05. The van der Waals surface area contributed by atoms with Gasteiger partial charge in [0.15, 0.2) is 0 Å². The first-order valence-corrected chi connectivity index (χ1v) is 6.30. The monoisotopic (exact) mass is 297 g/mol. The molecule has 74 valence electrons. The van der Waals surface area contributed by atoms with Crippen molar-refractivity contribution in [3.05, 3.63) is 28.0 Å². The first-order valence-electron chi connectivity index (χ1n) is 3.20. The van der Waals surface area contributed by atoms with Gasteiger partial charge < -0.3 is 0 Å². The summed E-state index contributed by atoms with van der Waals surface area (Å²) in [5, 5.41) is 8.57. The van der Waals surface area contributed by atoms with Gasteiger partial charge in [-0.1, -0.05) is 15.9 Å². The number of halogens is 3. The predicted molar refractivity (Wildman–Crippen MR) is 51.9 cm³/mol. The second kappa shape index (κ2) is 3.85. The topological polar surface area (TPSA) is 57.9 Å². The molecular formula is C7H2BrClFNO2S. The van der Waals surface area contributed by atoms with Gasteiger partial charge in [-0.2, -0.15) is 5.26 Å². The number of rotatable bonds is 1. The van der Waals surface area contributed by atoms with Crippen LogP contribution in [0, 0.1) is 17.1 Å². The fourth-order valence-corrected chi connectivity index (χ4v) is 2.45. The quantitative estimate of drug-likeness (QED) is 0.748. The molecule has 7 heteroatoms. The molecule has 0 aliphatic rings. The van der Waals surface area contributed by atoms with Gasteiger partial charge in [-0.05, 0) is 12.1 Å². The van der Waals surface area contributed by atoms with Crippen LogP contribution in [0.4, 0.5) is 4.39 Å². The Bertz CT molecular complexity index is 523. The minimum Gasteiger partial charge on any atom is -0.207 e. The standard InChI is InChI=1S/C7H2BrClFNO2S/c8-5-1-4(3-11)7(6(10)2-5)14(9,12)13/h1-2H. The summed E-state index contributed by atoms with van der Waals surface area (Å²) >= 11 is 2.93. The van der Waals surface area contributed by atoms with Crippen molar-refractivity contribution in [3.8, 4) is 6.07 Å². The van der Waals surface area contributed by atoms with E-state index in [9.17, 15) is 12.8 Å². The van der Waals surface area contributed by atoms with Gasteiger partial charge in [0.1, 0.15) is 16.8 Å². The molecule has 0 amide bonds. The lowest BCUT2D eigenvalue weighted by Gasteiger charge is -2.01. The van der Waals surface area contributed by atoms with Crippen molar-refractivity contribution in [2.45, 2.75) is 4.90 Å². The maximum atomic E-state index is 13.1. The van der Waals surface area contributed by atoms with Gasteiger partial charge in [0.2, 0.25) is 0 Å². The molecule has 0 N–H and O–H groups in total. The molecule has 3 nitrogen and oxygen atoms in total. The smallest absolute Gasteiger partial charge is 0.207 e. The first kappa shape index (κ1) is 11.4. The maximum Gasteiger partial charge on any atom is 0.265 e. The van der Waals surface area contributed by atoms with Crippen LogP contribution in [0.5, 0.6) is 0 Å². The zero-order valence-corrected chi connectivity index (χ0v) is 9.62. The third-order valence-electron chi connectivity index (χ3n) is 1.37. The van der Waals surface area contributed by atoms with Gasteiger partial charge in [-0.25, -0.2) is 12.8 Å². The maximum absolute atomic E-state index is 13.1. The molecule has 0 fully saturated rings. The number of nitrogens with zero attached hydrogens (tertiary/aromatic N) is 1. The Morgan fingerprint density at radius 3 is 2.50 bits per heavy atom. The summed E-state index contributed by atoms with van der Waals surface area (Å²) < 4.78 is 35.2. The molecule has 1 aromatic rings. The molecule has 0 aliphatic carbocycles. The molecule has 0 aliphatic heterocycles. The summed E-state index contributed by atoms with van der Waals surface area (Å²) in [5.41, 5.74) is -0.327. The molecule has 14 heavy (non-hydrogen) atoms. The first-order chi connectivity index (χ1) is 6.36. The Labute approximate surface area is 92.7 Å². The van der Waals surface area contributed by atoms with Crippen LogP contribution in [0.25, 0.3) is 0 Å². The zero-order chi connectivity index (χ0) is 10.9. The Kier molecular flexibility index (Phi) is 3.14. The Balaban J connectivity index is 3.68. The van der Waals surface area contributed by atoms with Gasteiger partial charge in [-0.15, -0.1) is 0 Å². The summed E-state index contributed by atoms with van der Waals surface area (Å²) in [6, 6.07) is 3.66. The Morgan fingerprint density at radius 2 is 2.07 bits per heavy atom. The highest BCUT2D eigenvalue weighted by Crippen LogP contribution is 2.26. The van der Waals surface area contributed by atoms with E-state index in [-0.39, 0.29) is 10.0 Å². The highest BCUT2D eigenvalue weighted by atomic mass is 79.9. The lowest BCUT2D eigenvalue weighted by molar-refractivity contribution is 0.574. The van der Waals surface area contributed by atoms with E-state index in [1.54, 1.807) is 6.07 Å². The minimum absolute atomic E-state index is 0.274. The van der Waals surface area contributed by atoms with Crippen LogP contribution in [0.15, 0.2) is 21.5 Å². The van der Waals surface area contributed by atoms with Crippen molar-refractivity contribution in [3.63, 3.8) is 0 Å². The van der Waals surface area contributed by atoms with E-state index in [1.165, 1.54) is 6.07 Å². The molecule has 0 heterocycles. The van der Waals surface area contributed by atoms with Crippen molar-refractivity contribution in [1.29, 1.82) is 5.26 Å². The van der Waals surface area contributed by atoms with E-state index in [4.69, 9.17) is 15.9 Å². The van der Waals surface area contributed by atoms with Gasteiger partial charge in [-0.3, -0.25) is 0 Å². The van der Waals surface area contributed by atoms with Gasteiger partial charge >= 0.3 is 0 Å². The summed E-state index contributed by atoms with van der Waals surface area (Å²) in [4.78, 5) is -0.787. The van der Waals surface area contributed by atoms with E-state index in [0.29, 0.717) is 0 Å². The SMILES string of the molecule is N#Cc1cc(Br)cc(F)c1S(=O)(=O)Cl. The molecule has 0 spiro atoms. The highest BCUT2D eigenvalue weighted by Gasteiger charge is 2.21. The zero-order valence-electron chi connectivity index (χ0n) is 6.46. The molecule has 0 atom stereocenters. The van der Waals surface area contributed by atoms with E-state index < -0.39 is 19.8 Å². The van der Waals surface area contributed by atoms with E-state index >= 15 is 0 Å². The molecule has 1 rings (SSSR count). The van der Waals surface area contributed by atoms with Crippen molar-refractivity contribution < 1.29 is 12.8 Å². The van der Waals surface area contributed by atoms with Gasteiger partial charge in [0.05, 0.1) is 5.56 Å². The Morgan fingerprint density at radius 1 is 1.50 bits per heavy atom. The predicted octanol–water partition coefficient (Wildman–Crippen LogP) is 2.39. The molecule has 0 saturated carbocycles. The molecular weight excluding hydrogens is 297 g/mol. The lowest BCUT2D eigenvalue weighted by Crippen LogP contribution is -1.99. The van der Waals surface area contributed by atoms with Gasteiger partial charge in [0, 0.05) is 15.2 Å². The second-order valence-corrected chi connectivity index (χ2v) is 5.73. The summed E-state index contributed by atoms with van der Waals surface area (Å²) in [6.45, 7) is 0. The largest absolute Gasteiger partial charge is 0.265 e. The van der Waals surface area contributed by atoms with Gasteiger partial charge in [0.25, 0.3) is 9.05 Å². The normalized spacial score (nSPS) is 11.0. The number of hydrogen-bond acceptors (Lipinski definition) is 3. The fraction of sp³-hybridized carbons (Fsp3) is 0. The van der Waals surface area contributed by atoms with Crippen LogP contribution in [0.2, 0.25) is 0 Å². The van der Waals surface area contributed by atoms with Crippen LogP contribution in [-0.4, -0.2) is 8.42 Å². The molecule has 0 radical (unpaired) electrons. The van der Waals surface area contributed by atoms with Crippen molar-refractivity contribution in [1.82, 2.24) is 0 Å². The third kappa shape index (κ3) is 2.23. The molecule has 1 aromatic carbocycles. The minimum atomic E-state index is -4.24. The molecule has 0 unspecified atom stereocenters. The van der Waals surface area contributed by atoms with Crippen molar-refractivity contribution in [2.24, 2.45) is 0 Å². The molecule has 0 saturated heterocycles. The molecule has 0 aromatic heterocycles. The van der Waals surface area contributed by atoms with Crippen LogP contribution in [0.1, 0.15) is 5.56 Å².